The van der Waals surface area contributed by atoms with E-state index >= 15 is 0 Å². The van der Waals surface area contributed by atoms with Crippen molar-refractivity contribution >= 4 is 59.2 Å². The van der Waals surface area contributed by atoms with Crippen LogP contribution in [0, 0.1) is 6.92 Å². The second-order valence-electron chi connectivity index (χ2n) is 4.01. The van der Waals surface area contributed by atoms with E-state index < -0.39 is 10.0 Å². The van der Waals surface area contributed by atoms with Crippen LogP contribution in [0.3, 0.4) is 0 Å². The number of benzene rings is 1. The molecule has 0 fully saturated rings. The number of pyridine rings is 1. The second kappa shape index (κ2) is 6.01. The molecule has 0 aliphatic heterocycles. The van der Waals surface area contributed by atoms with Crippen LogP contribution in [0.2, 0.25) is 5.15 Å². The second-order valence-corrected chi connectivity index (χ2v) is 7.76. The van der Waals surface area contributed by atoms with Crippen LogP contribution in [0.15, 0.2) is 44.3 Å². The van der Waals surface area contributed by atoms with Gasteiger partial charge >= 0.3 is 0 Å². The summed E-state index contributed by atoms with van der Waals surface area (Å²) in [6, 6.07) is 6.36. The number of anilines is 1. The summed E-state index contributed by atoms with van der Waals surface area (Å²) >= 11 is 12.3. The van der Waals surface area contributed by atoms with Gasteiger partial charge in [0, 0.05) is 4.47 Å². The molecule has 0 aliphatic carbocycles. The van der Waals surface area contributed by atoms with E-state index in [0.717, 1.165) is 10.0 Å². The molecule has 0 unspecified atom stereocenters. The van der Waals surface area contributed by atoms with Gasteiger partial charge in [-0.05, 0) is 52.7 Å². The zero-order valence-electron chi connectivity index (χ0n) is 10.2. The minimum atomic E-state index is -3.66. The third kappa shape index (κ3) is 3.52. The molecule has 2 rings (SSSR count). The van der Waals surface area contributed by atoms with Gasteiger partial charge in [-0.3, -0.25) is 4.72 Å². The molecule has 0 aliphatic rings. The lowest BCUT2D eigenvalue weighted by Gasteiger charge is -2.09. The van der Waals surface area contributed by atoms with Crippen molar-refractivity contribution in [1.82, 2.24) is 4.98 Å². The molecule has 0 spiro atoms. The van der Waals surface area contributed by atoms with Crippen molar-refractivity contribution in [2.45, 2.75) is 11.8 Å². The van der Waals surface area contributed by atoms with Gasteiger partial charge in [-0.1, -0.05) is 27.5 Å². The molecule has 8 heteroatoms. The Morgan fingerprint density at radius 3 is 2.50 bits per heavy atom. The van der Waals surface area contributed by atoms with Crippen LogP contribution in [0.25, 0.3) is 0 Å². The monoisotopic (exact) mass is 438 g/mol. The Morgan fingerprint density at radius 1 is 1.20 bits per heavy atom. The quantitative estimate of drug-likeness (QED) is 0.721. The van der Waals surface area contributed by atoms with Gasteiger partial charge in [0.1, 0.15) is 5.15 Å². The highest BCUT2D eigenvalue weighted by molar-refractivity contribution is 9.10. The van der Waals surface area contributed by atoms with E-state index in [-0.39, 0.29) is 10.0 Å². The van der Waals surface area contributed by atoms with E-state index in [2.05, 4.69) is 41.6 Å². The summed E-state index contributed by atoms with van der Waals surface area (Å²) in [6.45, 7) is 1.82. The Balaban J connectivity index is 2.35. The first-order valence-electron chi connectivity index (χ1n) is 5.39. The molecule has 4 nitrogen and oxygen atoms in total. The number of hydrogen-bond donors (Lipinski definition) is 1. The molecule has 1 heterocycles. The number of halogens is 3. The summed E-state index contributed by atoms with van der Waals surface area (Å²) in [6.07, 6.45) is 1.36. The van der Waals surface area contributed by atoms with Crippen LogP contribution in [0.1, 0.15) is 5.56 Å². The molecule has 2 aromatic rings. The first-order chi connectivity index (χ1) is 9.29. The van der Waals surface area contributed by atoms with Crippen LogP contribution in [0.4, 0.5) is 5.69 Å². The van der Waals surface area contributed by atoms with E-state index in [1.165, 1.54) is 12.3 Å². The normalized spacial score (nSPS) is 11.4. The minimum absolute atomic E-state index is 0.185. The molecule has 1 N–H and O–H groups in total. The molecule has 106 valence electrons. The highest BCUT2D eigenvalue weighted by Crippen LogP contribution is 2.25. The Bertz CT molecular complexity index is 766. The average Bonchev–Trinajstić information content (AvgIpc) is 2.37. The van der Waals surface area contributed by atoms with E-state index in [9.17, 15) is 8.42 Å². The number of sulfonamides is 1. The molecule has 1 aromatic heterocycles. The van der Waals surface area contributed by atoms with Crippen LogP contribution < -0.4 is 4.72 Å². The van der Waals surface area contributed by atoms with E-state index in [1.807, 2.05) is 6.92 Å². The lowest BCUT2D eigenvalue weighted by atomic mass is 10.2. The first kappa shape index (κ1) is 15.8. The van der Waals surface area contributed by atoms with Gasteiger partial charge in [0.25, 0.3) is 10.0 Å². The Hall–Kier alpha value is -0.630. The molecule has 20 heavy (non-hydrogen) atoms. The third-order valence-electron chi connectivity index (χ3n) is 2.49. The van der Waals surface area contributed by atoms with Crippen molar-refractivity contribution in [2.75, 3.05) is 4.72 Å². The van der Waals surface area contributed by atoms with Gasteiger partial charge in [0.2, 0.25) is 0 Å². The van der Waals surface area contributed by atoms with Crippen LogP contribution in [-0.4, -0.2) is 13.4 Å². The summed E-state index contributed by atoms with van der Waals surface area (Å²) in [5.74, 6) is 0. The highest BCUT2D eigenvalue weighted by atomic mass is 79.9. The van der Waals surface area contributed by atoms with Gasteiger partial charge in [-0.25, -0.2) is 13.4 Å². The number of aromatic nitrogens is 1. The summed E-state index contributed by atoms with van der Waals surface area (Å²) in [5.41, 5.74) is 1.17. The van der Waals surface area contributed by atoms with Crippen molar-refractivity contribution in [3.05, 3.63) is 50.1 Å². The number of nitrogens with one attached hydrogen (secondary N) is 1. The van der Waals surface area contributed by atoms with E-state index in [4.69, 9.17) is 11.6 Å². The lowest BCUT2D eigenvalue weighted by Crippen LogP contribution is -2.13. The molecule has 0 radical (unpaired) electrons. The van der Waals surface area contributed by atoms with Crippen LogP contribution in [0.5, 0.6) is 0 Å². The molecule has 1 aromatic carbocycles. The average molecular weight is 441 g/mol. The molecule has 0 atom stereocenters. The van der Waals surface area contributed by atoms with E-state index in [1.54, 1.807) is 18.2 Å². The first-order valence-corrected chi connectivity index (χ1v) is 8.84. The van der Waals surface area contributed by atoms with Gasteiger partial charge in [-0.15, -0.1) is 0 Å². The predicted molar refractivity (Wildman–Crippen MR) is 86.6 cm³/mol. The fraction of sp³-hybridized carbons (Fsp3) is 0.0833. The number of aryl methyl sites for hydroxylation is 1. The minimum Gasteiger partial charge on any atom is -0.278 e. The number of nitrogens with zero attached hydrogens (tertiary/aromatic N) is 1. The molecule has 0 bridgehead atoms. The predicted octanol–water partition coefficient (Wildman–Crippen LogP) is 4.37. The summed E-state index contributed by atoms with van der Waals surface area (Å²) < 4.78 is 28.3. The maximum Gasteiger partial charge on any atom is 0.261 e. The Kier molecular flexibility index (Phi) is 4.73. The number of hydrogen-bond acceptors (Lipinski definition) is 3. The van der Waals surface area contributed by atoms with Crippen molar-refractivity contribution in [3.8, 4) is 0 Å². The SMILES string of the molecule is Cc1cc(S(=O)(=O)Nc2cnc(Cl)c(Br)c2)ccc1Br. The summed E-state index contributed by atoms with van der Waals surface area (Å²) in [4.78, 5) is 4.06. The Morgan fingerprint density at radius 2 is 1.90 bits per heavy atom. The zero-order valence-corrected chi connectivity index (χ0v) is 14.9. The fourth-order valence-corrected chi connectivity index (χ4v) is 3.29. The maximum atomic E-state index is 12.3. The zero-order chi connectivity index (χ0) is 14.9. The van der Waals surface area contributed by atoms with Crippen molar-refractivity contribution < 1.29 is 8.42 Å². The van der Waals surface area contributed by atoms with Gasteiger partial charge in [0.15, 0.2) is 0 Å². The molecule has 0 saturated heterocycles. The van der Waals surface area contributed by atoms with E-state index in [0.29, 0.717) is 10.2 Å². The van der Waals surface area contributed by atoms with Gasteiger partial charge in [-0.2, -0.15) is 0 Å². The van der Waals surface area contributed by atoms with Crippen molar-refractivity contribution in [3.63, 3.8) is 0 Å². The maximum absolute atomic E-state index is 12.3. The smallest absolute Gasteiger partial charge is 0.261 e. The molecule has 0 amide bonds. The topological polar surface area (TPSA) is 59.1 Å². The third-order valence-corrected chi connectivity index (χ3v) is 5.89. The van der Waals surface area contributed by atoms with Crippen molar-refractivity contribution in [2.24, 2.45) is 0 Å². The van der Waals surface area contributed by atoms with Crippen LogP contribution >= 0.6 is 43.5 Å². The molecule has 0 saturated carbocycles. The highest BCUT2D eigenvalue weighted by Gasteiger charge is 2.15. The summed E-state index contributed by atoms with van der Waals surface area (Å²) in [5, 5.41) is 0.271. The Labute approximate surface area is 138 Å². The summed E-state index contributed by atoms with van der Waals surface area (Å²) in [7, 11) is -3.66. The van der Waals surface area contributed by atoms with Crippen LogP contribution in [-0.2, 0) is 10.0 Å². The largest absolute Gasteiger partial charge is 0.278 e. The van der Waals surface area contributed by atoms with Gasteiger partial charge in [0.05, 0.1) is 21.3 Å². The standard InChI is InChI=1S/C12H9Br2ClN2O2S/c1-7-4-9(2-3-10(7)13)20(18,19)17-8-5-11(14)12(15)16-6-8/h2-6,17H,1H3. The van der Waals surface area contributed by atoms with Gasteiger partial charge < -0.3 is 0 Å². The number of rotatable bonds is 3. The van der Waals surface area contributed by atoms with Crippen molar-refractivity contribution in [1.29, 1.82) is 0 Å². The fourth-order valence-electron chi connectivity index (χ4n) is 1.48. The molecular formula is C12H9Br2ClN2O2S. The molecular weight excluding hydrogens is 431 g/mol. The lowest BCUT2D eigenvalue weighted by molar-refractivity contribution is 0.601.